The number of esters is 2. The van der Waals surface area contributed by atoms with E-state index < -0.39 is 11.9 Å². The molecule has 0 spiro atoms. The number of hydrogen-bond donors (Lipinski definition) is 0. The molecule has 0 aliphatic heterocycles. The monoisotopic (exact) mass is 350 g/mol. The van der Waals surface area contributed by atoms with Gasteiger partial charge < -0.3 is 9.47 Å². The Labute approximate surface area is 151 Å². The SMILES string of the molecule is O=CC1=CCCC(OC(=O)c2cccc(OC(=O)C3=CCCC=C3)c2)=C1. The zero-order valence-electron chi connectivity index (χ0n) is 14.1. The molecule has 0 atom stereocenters. The number of allylic oxidation sites excluding steroid dienone is 6. The lowest BCUT2D eigenvalue weighted by Crippen LogP contribution is -2.12. The van der Waals surface area contributed by atoms with Gasteiger partial charge in [0.1, 0.15) is 17.8 Å². The van der Waals surface area contributed by atoms with Crippen LogP contribution in [0.1, 0.15) is 36.0 Å². The van der Waals surface area contributed by atoms with Crippen molar-refractivity contribution in [1.29, 1.82) is 0 Å². The number of hydrogen-bond acceptors (Lipinski definition) is 5. The minimum absolute atomic E-state index is 0.270. The molecule has 0 bridgehead atoms. The van der Waals surface area contributed by atoms with Gasteiger partial charge in [0.05, 0.1) is 11.1 Å². The van der Waals surface area contributed by atoms with Gasteiger partial charge in [-0.15, -0.1) is 0 Å². The van der Waals surface area contributed by atoms with E-state index in [9.17, 15) is 14.4 Å². The molecule has 1 aromatic rings. The van der Waals surface area contributed by atoms with Crippen LogP contribution in [-0.2, 0) is 14.3 Å². The Bertz CT molecular complexity index is 855. The molecule has 0 radical (unpaired) electrons. The van der Waals surface area contributed by atoms with E-state index in [0.717, 1.165) is 19.1 Å². The van der Waals surface area contributed by atoms with E-state index in [1.807, 2.05) is 12.2 Å². The minimum Gasteiger partial charge on any atom is -0.427 e. The van der Waals surface area contributed by atoms with E-state index in [2.05, 4.69) is 0 Å². The summed E-state index contributed by atoms with van der Waals surface area (Å²) in [6.45, 7) is 0. The Kier molecular flexibility index (Phi) is 5.59. The maximum atomic E-state index is 12.3. The van der Waals surface area contributed by atoms with Crippen LogP contribution in [0.2, 0.25) is 0 Å². The Balaban J connectivity index is 1.68. The lowest BCUT2D eigenvalue weighted by Gasteiger charge is -2.12. The molecule has 0 aromatic heterocycles. The first-order valence-corrected chi connectivity index (χ1v) is 8.43. The fraction of sp³-hybridized carbons (Fsp3) is 0.190. The largest absolute Gasteiger partial charge is 0.427 e. The van der Waals surface area contributed by atoms with Gasteiger partial charge in [0.25, 0.3) is 0 Å². The third-order valence-electron chi connectivity index (χ3n) is 3.97. The predicted molar refractivity (Wildman–Crippen MR) is 95.4 cm³/mol. The van der Waals surface area contributed by atoms with Crippen molar-refractivity contribution in [2.24, 2.45) is 0 Å². The van der Waals surface area contributed by atoms with Crippen molar-refractivity contribution in [2.45, 2.75) is 25.7 Å². The number of rotatable bonds is 5. The topological polar surface area (TPSA) is 69.7 Å². The van der Waals surface area contributed by atoms with Gasteiger partial charge in [0.2, 0.25) is 0 Å². The summed E-state index contributed by atoms with van der Waals surface area (Å²) >= 11 is 0. The number of benzene rings is 1. The molecule has 0 saturated heterocycles. The van der Waals surface area contributed by atoms with Gasteiger partial charge in [-0.1, -0.05) is 30.4 Å². The summed E-state index contributed by atoms with van der Waals surface area (Å²) in [5.74, 6) is -0.296. The van der Waals surface area contributed by atoms with Crippen LogP contribution in [0.3, 0.4) is 0 Å². The van der Waals surface area contributed by atoms with Crippen molar-refractivity contribution in [1.82, 2.24) is 0 Å². The molecular weight excluding hydrogens is 332 g/mol. The highest BCUT2D eigenvalue weighted by atomic mass is 16.5. The molecule has 0 unspecified atom stereocenters. The summed E-state index contributed by atoms with van der Waals surface area (Å²) in [7, 11) is 0. The molecule has 132 valence electrons. The first kappa shape index (κ1) is 17.6. The van der Waals surface area contributed by atoms with E-state index >= 15 is 0 Å². The van der Waals surface area contributed by atoms with Crippen LogP contribution in [0.5, 0.6) is 5.75 Å². The zero-order valence-corrected chi connectivity index (χ0v) is 14.1. The second-order valence-corrected chi connectivity index (χ2v) is 5.92. The van der Waals surface area contributed by atoms with Gasteiger partial charge in [-0.3, -0.25) is 4.79 Å². The van der Waals surface area contributed by atoms with Crippen LogP contribution in [0.15, 0.2) is 71.6 Å². The average molecular weight is 350 g/mol. The lowest BCUT2D eigenvalue weighted by molar-refractivity contribution is -0.129. The normalized spacial score (nSPS) is 16.1. The van der Waals surface area contributed by atoms with Gasteiger partial charge in [-0.25, -0.2) is 9.59 Å². The van der Waals surface area contributed by atoms with Crippen LogP contribution < -0.4 is 4.74 Å². The molecular formula is C21H18O5. The average Bonchev–Trinajstić information content (AvgIpc) is 2.69. The molecule has 26 heavy (non-hydrogen) atoms. The van der Waals surface area contributed by atoms with Crippen molar-refractivity contribution >= 4 is 18.2 Å². The van der Waals surface area contributed by atoms with Crippen LogP contribution in [0, 0.1) is 0 Å². The van der Waals surface area contributed by atoms with Crippen LogP contribution in [-0.4, -0.2) is 18.2 Å². The quantitative estimate of drug-likeness (QED) is 0.459. The van der Waals surface area contributed by atoms with Crippen LogP contribution >= 0.6 is 0 Å². The molecule has 1 aromatic carbocycles. The highest BCUT2D eigenvalue weighted by Crippen LogP contribution is 2.21. The van der Waals surface area contributed by atoms with Crippen molar-refractivity contribution < 1.29 is 23.9 Å². The highest BCUT2D eigenvalue weighted by Gasteiger charge is 2.16. The summed E-state index contributed by atoms with van der Waals surface area (Å²) in [5.41, 5.74) is 1.27. The fourth-order valence-electron chi connectivity index (χ4n) is 2.66. The van der Waals surface area contributed by atoms with Crippen LogP contribution in [0.25, 0.3) is 0 Å². The summed E-state index contributed by atoms with van der Waals surface area (Å²) in [6, 6.07) is 6.28. The summed E-state index contributed by atoms with van der Waals surface area (Å²) < 4.78 is 10.7. The third-order valence-corrected chi connectivity index (χ3v) is 3.97. The Morgan fingerprint density at radius 1 is 1.00 bits per heavy atom. The molecule has 2 aliphatic carbocycles. The summed E-state index contributed by atoms with van der Waals surface area (Å²) in [5, 5.41) is 0. The van der Waals surface area contributed by atoms with Crippen molar-refractivity contribution in [3.63, 3.8) is 0 Å². The van der Waals surface area contributed by atoms with E-state index in [4.69, 9.17) is 9.47 Å². The van der Waals surface area contributed by atoms with Crippen LogP contribution in [0.4, 0.5) is 0 Å². The molecule has 3 rings (SSSR count). The van der Waals surface area contributed by atoms with Gasteiger partial charge in [-0.05, 0) is 43.5 Å². The Morgan fingerprint density at radius 2 is 1.88 bits per heavy atom. The van der Waals surface area contributed by atoms with Gasteiger partial charge in [-0.2, -0.15) is 0 Å². The number of ether oxygens (including phenoxy) is 2. The molecule has 5 heteroatoms. The van der Waals surface area contributed by atoms with Crippen molar-refractivity contribution in [2.75, 3.05) is 0 Å². The van der Waals surface area contributed by atoms with Crippen molar-refractivity contribution in [3.8, 4) is 5.75 Å². The second-order valence-electron chi connectivity index (χ2n) is 5.92. The number of carbonyl (C=O) groups is 3. The molecule has 0 N–H and O–H groups in total. The zero-order chi connectivity index (χ0) is 18.4. The number of aldehydes is 1. The minimum atomic E-state index is -0.557. The molecule has 0 amide bonds. The molecule has 0 heterocycles. The summed E-state index contributed by atoms with van der Waals surface area (Å²) in [4.78, 5) is 35.3. The fourth-order valence-corrected chi connectivity index (χ4v) is 2.66. The molecule has 5 nitrogen and oxygen atoms in total. The van der Waals surface area contributed by atoms with Gasteiger partial charge in [0.15, 0.2) is 0 Å². The second kappa shape index (κ2) is 8.25. The maximum Gasteiger partial charge on any atom is 0.343 e. The Morgan fingerprint density at radius 3 is 2.65 bits per heavy atom. The third kappa shape index (κ3) is 4.45. The standard InChI is InChI=1S/C21H18O5/c22-14-15-6-4-10-18(12-15)25-21(24)17-9-5-11-19(13-17)26-20(23)16-7-2-1-3-8-16/h2,5-9,11-14H,1,3-4,10H2. The number of carbonyl (C=O) groups excluding carboxylic acids is 3. The highest BCUT2D eigenvalue weighted by molar-refractivity contribution is 5.94. The van der Waals surface area contributed by atoms with E-state index in [1.165, 1.54) is 6.07 Å². The first-order valence-electron chi connectivity index (χ1n) is 8.43. The van der Waals surface area contributed by atoms with Gasteiger partial charge in [0, 0.05) is 12.0 Å². The predicted octanol–water partition coefficient (Wildman–Crippen LogP) is 3.83. The van der Waals surface area contributed by atoms with E-state index in [-0.39, 0.29) is 11.3 Å². The molecule has 0 saturated carbocycles. The summed E-state index contributed by atoms with van der Waals surface area (Å²) in [6.07, 6.45) is 12.5. The smallest absolute Gasteiger partial charge is 0.343 e. The van der Waals surface area contributed by atoms with E-state index in [1.54, 1.807) is 36.4 Å². The maximum absolute atomic E-state index is 12.3. The lowest BCUT2D eigenvalue weighted by atomic mass is 10.1. The molecule has 2 aliphatic rings. The van der Waals surface area contributed by atoms with Gasteiger partial charge >= 0.3 is 11.9 Å². The van der Waals surface area contributed by atoms with E-state index in [0.29, 0.717) is 29.7 Å². The van der Waals surface area contributed by atoms with Crippen molar-refractivity contribution in [3.05, 3.63) is 77.1 Å². The first-order chi connectivity index (χ1) is 12.7. The molecule has 0 fully saturated rings. The Hall–Kier alpha value is -3.21.